The van der Waals surface area contributed by atoms with Crippen molar-refractivity contribution in [2.45, 2.75) is 52.1 Å². The van der Waals surface area contributed by atoms with Gasteiger partial charge in [0.1, 0.15) is 18.6 Å². The maximum absolute atomic E-state index is 13.1. The molecular formula is C26H31Cl2NO6. The van der Waals surface area contributed by atoms with E-state index in [0.717, 1.165) is 12.8 Å². The molecule has 3 unspecified atom stereocenters. The number of aliphatic imine (C=N–C) groups is 1. The average Bonchev–Trinajstić information content (AvgIpc) is 2.83. The fraction of sp³-hybridized carbons (Fsp3) is 0.500. The van der Waals surface area contributed by atoms with Crippen molar-refractivity contribution in [3.05, 3.63) is 45.1 Å². The number of aliphatic hydroxyl groups is 1. The van der Waals surface area contributed by atoms with E-state index in [4.69, 9.17) is 37.4 Å². The van der Waals surface area contributed by atoms with Crippen LogP contribution in [-0.2, 0) is 23.8 Å². The Morgan fingerprint density at radius 1 is 1.26 bits per heavy atom. The van der Waals surface area contributed by atoms with E-state index < -0.39 is 29.9 Å². The summed E-state index contributed by atoms with van der Waals surface area (Å²) < 4.78 is 16.0. The van der Waals surface area contributed by atoms with Crippen molar-refractivity contribution < 1.29 is 28.9 Å². The molecule has 1 aromatic carbocycles. The SMILES string of the molecule is CCCCC(O)C#CCOCC1=C(C(=O)OCC)C(c2cccc(Cl)c2Cl)C(C(=O)OC)C(C)=N1. The van der Waals surface area contributed by atoms with E-state index in [9.17, 15) is 14.7 Å². The van der Waals surface area contributed by atoms with Crippen LogP contribution in [0.4, 0.5) is 0 Å². The van der Waals surface area contributed by atoms with Crippen LogP contribution >= 0.6 is 23.2 Å². The van der Waals surface area contributed by atoms with Gasteiger partial charge < -0.3 is 19.3 Å². The number of unbranched alkanes of at least 4 members (excludes halogenated alkanes) is 1. The number of nitrogens with zero attached hydrogens (tertiary/aromatic N) is 1. The standard InChI is InChI=1S/C26H31Cl2NO6/c1-5-7-10-17(30)11-9-14-34-15-20-23(26(32)35-6-2)22(18-12-8-13-19(27)24(18)28)21(16(3)29-20)25(31)33-4/h8,12-13,17,21-22,30H,5-7,10,14-15H2,1-4H3. The monoisotopic (exact) mass is 523 g/mol. The predicted molar refractivity (Wildman–Crippen MR) is 136 cm³/mol. The molecule has 0 fully saturated rings. The summed E-state index contributed by atoms with van der Waals surface area (Å²) in [6, 6.07) is 5.02. The number of rotatable bonds is 10. The van der Waals surface area contributed by atoms with Gasteiger partial charge in [0, 0.05) is 11.6 Å². The minimum absolute atomic E-state index is 0.0282. The minimum atomic E-state index is -0.910. The summed E-state index contributed by atoms with van der Waals surface area (Å²) in [5.41, 5.74) is 1.36. The van der Waals surface area contributed by atoms with Crippen LogP contribution in [-0.4, -0.2) is 55.8 Å². The van der Waals surface area contributed by atoms with Gasteiger partial charge in [-0.15, -0.1) is 0 Å². The lowest BCUT2D eigenvalue weighted by Gasteiger charge is -2.32. The summed E-state index contributed by atoms with van der Waals surface area (Å²) in [4.78, 5) is 30.5. The van der Waals surface area contributed by atoms with Gasteiger partial charge >= 0.3 is 11.9 Å². The highest BCUT2D eigenvalue weighted by molar-refractivity contribution is 6.42. The Kier molecular flexibility index (Phi) is 11.8. The maximum atomic E-state index is 13.1. The van der Waals surface area contributed by atoms with Crippen LogP contribution in [0.15, 0.2) is 34.5 Å². The van der Waals surface area contributed by atoms with E-state index in [1.54, 1.807) is 32.0 Å². The van der Waals surface area contributed by atoms with Crippen molar-refractivity contribution in [2.75, 3.05) is 26.9 Å². The zero-order valence-electron chi connectivity index (χ0n) is 20.4. The van der Waals surface area contributed by atoms with E-state index in [2.05, 4.69) is 16.8 Å². The van der Waals surface area contributed by atoms with Crippen molar-refractivity contribution >= 4 is 40.9 Å². The summed E-state index contributed by atoms with van der Waals surface area (Å²) in [6.45, 7) is 5.50. The van der Waals surface area contributed by atoms with Crippen LogP contribution in [0.25, 0.3) is 0 Å². The second-order valence-corrected chi connectivity index (χ2v) is 8.71. The van der Waals surface area contributed by atoms with Crippen molar-refractivity contribution in [2.24, 2.45) is 10.9 Å². The molecule has 0 saturated carbocycles. The first-order valence-corrected chi connectivity index (χ1v) is 12.2. The van der Waals surface area contributed by atoms with Crippen molar-refractivity contribution in [3.63, 3.8) is 0 Å². The minimum Gasteiger partial charge on any atom is -0.468 e. The molecule has 0 aromatic heterocycles. The lowest BCUT2D eigenvalue weighted by molar-refractivity contribution is -0.144. The summed E-state index contributed by atoms with van der Waals surface area (Å²) in [5, 5.41) is 10.4. The topological polar surface area (TPSA) is 94.4 Å². The van der Waals surface area contributed by atoms with Gasteiger partial charge in [-0.3, -0.25) is 9.79 Å². The van der Waals surface area contributed by atoms with Crippen LogP contribution in [0.2, 0.25) is 10.0 Å². The summed E-state index contributed by atoms with van der Waals surface area (Å²) >= 11 is 12.8. The van der Waals surface area contributed by atoms with Crippen LogP contribution in [0.3, 0.4) is 0 Å². The Morgan fingerprint density at radius 3 is 2.66 bits per heavy atom. The van der Waals surface area contributed by atoms with Crippen LogP contribution in [0.1, 0.15) is 51.5 Å². The Balaban J connectivity index is 2.47. The van der Waals surface area contributed by atoms with Gasteiger partial charge in [0.15, 0.2) is 0 Å². The molecule has 1 N–H and O–H groups in total. The Morgan fingerprint density at radius 2 is 2.00 bits per heavy atom. The van der Waals surface area contributed by atoms with E-state index in [1.165, 1.54) is 7.11 Å². The van der Waals surface area contributed by atoms with Crippen LogP contribution in [0.5, 0.6) is 0 Å². The third-order valence-corrected chi connectivity index (χ3v) is 6.33. The van der Waals surface area contributed by atoms with Crippen molar-refractivity contribution in [3.8, 4) is 11.8 Å². The lowest BCUT2D eigenvalue weighted by Crippen LogP contribution is -2.37. The number of benzene rings is 1. The number of halogens is 2. The molecule has 190 valence electrons. The highest BCUT2D eigenvalue weighted by atomic mass is 35.5. The number of methoxy groups -OCH3 is 1. The summed E-state index contributed by atoms with van der Waals surface area (Å²) in [6.07, 6.45) is 1.75. The van der Waals surface area contributed by atoms with Gasteiger partial charge in [-0.2, -0.15) is 0 Å². The van der Waals surface area contributed by atoms with Crippen molar-refractivity contribution in [1.29, 1.82) is 0 Å². The fourth-order valence-electron chi connectivity index (χ4n) is 3.85. The van der Waals surface area contributed by atoms with E-state index in [0.29, 0.717) is 23.4 Å². The maximum Gasteiger partial charge on any atom is 0.336 e. The van der Waals surface area contributed by atoms with E-state index in [-0.39, 0.29) is 35.4 Å². The number of carbonyl (C=O) groups excluding carboxylic acids is 2. The third kappa shape index (κ3) is 7.55. The van der Waals surface area contributed by atoms with Gasteiger partial charge in [0.05, 0.1) is 41.6 Å². The predicted octanol–water partition coefficient (Wildman–Crippen LogP) is 4.73. The first-order valence-electron chi connectivity index (χ1n) is 11.5. The third-order valence-electron chi connectivity index (χ3n) is 5.50. The molecule has 1 heterocycles. The van der Waals surface area contributed by atoms with E-state index in [1.807, 2.05) is 6.92 Å². The number of carbonyl (C=O) groups is 2. The smallest absolute Gasteiger partial charge is 0.336 e. The van der Waals surface area contributed by atoms with Gasteiger partial charge in [-0.25, -0.2) is 4.79 Å². The zero-order valence-corrected chi connectivity index (χ0v) is 21.9. The normalized spacial score (nSPS) is 18.3. The first kappa shape index (κ1) is 28.9. The molecule has 0 radical (unpaired) electrons. The molecule has 35 heavy (non-hydrogen) atoms. The number of hydrogen-bond donors (Lipinski definition) is 1. The number of esters is 2. The zero-order chi connectivity index (χ0) is 26.0. The average molecular weight is 524 g/mol. The van der Waals surface area contributed by atoms with Gasteiger partial charge in [0.25, 0.3) is 0 Å². The largest absolute Gasteiger partial charge is 0.468 e. The molecule has 0 amide bonds. The fourth-order valence-corrected chi connectivity index (χ4v) is 4.28. The van der Waals surface area contributed by atoms with Crippen LogP contribution in [0, 0.1) is 17.8 Å². The molecule has 0 saturated heterocycles. The molecule has 0 aliphatic carbocycles. The molecule has 1 aliphatic rings. The molecule has 2 rings (SSSR count). The lowest BCUT2D eigenvalue weighted by atomic mass is 9.75. The van der Waals surface area contributed by atoms with E-state index >= 15 is 0 Å². The molecule has 9 heteroatoms. The van der Waals surface area contributed by atoms with Gasteiger partial charge in [0.2, 0.25) is 0 Å². The Labute approximate surface area is 216 Å². The molecule has 0 bridgehead atoms. The number of hydrogen-bond acceptors (Lipinski definition) is 7. The molecule has 1 aliphatic heterocycles. The second-order valence-electron chi connectivity index (χ2n) is 7.93. The summed E-state index contributed by atoms with van der Waals surface area (Å²) in [5.74, 6) is 2.57. The molecule has 1 aromatic rings. The number of ether oxygens (including phenoxy) is 3. The molecule has 3 atom stereocenters. The number of aliphatic hydroxyl groups excluding tert-OH is 1. The second kappa shape index (κ2) is 14.3. The highest BCUT2D eigenvalue weighted by Gasteiger charge is 2.44. The highest BCUT2D eigenvalue weighted by Crippen LogP contribution is 2.44. The molecular weight excluding hydrogens is 493 g/mol. The first-order chi connectivity index (χ1) is 16.8. The Hall–Kier alpha value is -2.37. The van der Waals surface area contributed by atoms with Gasteiger partial charge in [-0.1, -0.05) is 66.9 Å². The van der Waals surface area contributed by atoms with Gasteiger partial charge in [-0.05, 0) is 31.9 Å². The molecule has 0 spiro atoms. The quantitative estimate of drug-likeness (QED) is 0.270. The van der Waals surface area contributed by atoms with Crippen molar-refractivity contribution in [1.82, 2.24) is 0 Å². The molecule has 7 nitrogen and oxygen atoms in total. The summed E-state index contributed by atoms with van der Waals surface area (Å²) in [7, 11) is 1.27. The van der Waals surface area contributed by atoms with Crippen LogP contribution < -0.4 is 0 Å². The Bertz CT molecular complexity index is 1040.